The van der Waals surface area contributed by atoms with Crippen LogP contribution in [0.2, 0.25) is 5.02 Å². The Balaban J connectivity index is 1.96. The van der Waals surface area contributed by atoms with E-state index in [2.05, 4.69) is 5.10 Å². The maximum absolute atomic E-state index is 14.7. The summed E-state index contributed by atoms with van der Waals surface area (Å²) in [5.41, 5.74) is 1.57. The SMILES string of the molecule is COc1cc(F)c2c(c1OC)C=NN(C(=O)N(C)c1ccc(Cl)cc1)C(C)C2. The summed E-state index contributed by atoms with van der Waals surface area (Å²) in [6, 6.07) is 7.48. The van der Waals surface area contributed by atoms with Crippen molar-refractivity contribution in [2.75, 3.05) is 26.2 Å². The van der Waals surface area contributed by atoms with Crippen molar-refractivity contribution in [3.05, 3.63) is 52.3 Å². The Morgan fingerprint density at radius 3 is 2.57 bits per heavy atom. The summed E-state index contributed by atoms with van der Waals surface area (Å²) in [7, 11) is 4.57. The molecule has 0 bridgehead atoms. The largest absolute Gasteiger partial charge is 0.493 e. The van der Waals surface area contributed by atoms with Crippen molar-refractivity contribution < 1.29 is 18.7 Å². The average molecular weight is 406 g/mol. The van der Waals surface area contributed by atoms with Crippen molar-refractivity contribution in [1.29, 1.82) is 0 Å². The van der Waals surface area contributed by atoms with E-state index in [9.17, 15) is 9.18 Å². The Morgan fingerprint density at radius 1 is 1.29 bits per heavy atom. The number of carbonyl (C=O) groups excluding carboxylic acids is 1. The van der Waals surface area contributed by atoms with Crippen LogP contribution < -0.4 is 14.4 Å². The first-order valence-corrected chi connectivity index (χ1v) is 9.05. The molecule has 2 aromatic carbocycles. The molecule has 0 spiro atoms. The first-order chi connectivity index (χ1) is 13.4. The fourth-order valence-corrected chi connectivity index (χ4v) is 3.28. The lowest BCUT2D eigenvalue weighted by molar-refractivity contribution is 0.190. The Morgan fingerprint density at radius 2 is 1.96 bits per heavy atom. The van der Waals surface area contributed by atoms with Gasteiger partial charge in [0.15, 0.2) is 11.5 Å². The number of urea groups is 1. The van der Waals surface area contributed by atoms with Gasteiger partial charge in [0.05, 0.1) is 26.5 Å². The summed E-state index contributed by atoms with van der Waals surface area (Å²) < 4.78 is 25.3. The molecule has 2 amide bonds. The molecule has 1 atom stereocenters. The van der Waals surface area contributed by atoms with Crippen LogP contribution in [0.1, 0.15) is 18.1 Å². The van der Waals surface area contributed by atoms with Gasteiger partial charge in [-0.05, 0) is 37.6 Å². The Hall–Kier alpha value is -2.80. The van der Waals surface area contributed by atoms with E-state index in [1.54, 1.807) is 31.3 Å². The third-order valence-corrected chi connectivity index (χ3v) is 4.94. The number of amides is 2. The van der Waals surface area contributed by atoms with Gasteiger partial charge in [-0.3, -0.25) is 4.90 Å². The van der Waals surface area contributed by atoms with Crippen LogP contribution in [-0.2, 0) is 6.42 Å². The monoisotopic (exact) mass is 405 g/mol. The maximum Gasteiger partial charge on any atom is 0.344 e. The molecule has 0 radical (unpaired) electrons. The van der Waals surface area contributed by atoms with E-state index in [1.165, 1.54) is 36.4 Å². The Kier molecular flexibility index (Phi) is 5.74. The van der Waals surface area contributed by atoms with Gasteiger partial charge in [-0.2, -0.15) is 5.10 Å². The topological polar surface area (TPSA) is 54.4 Å². The number of fused-ring (bicyclic) bond motifs is 1. The predicted octanol–water partition coefficient (Wildman–Crippen LogP) is 4.33. The fourth-order valence-electron chi connectivity index (χ4n) is 3.15. The summed E-state index contributed by atoms with van der Waals surface area (Å²) in [4.78, 5) is 14.5. The molecule has 3 rings (SSSR count). The van der Waals surface area contributed by atoms with Crippen molar-refractivity contribution in [1.82, 2.24) is 5.01 Å². The highest BCUT2D eigenvalue weighted by atomic mass is 35.5. The first kappa shape index (κ1) is 19.9. The highest BCUT2D eigenvalue weighted by Crippen LogP contribution is 2.36. The lowest BCUT2D eigenvalue weighted by Crippen LogP contribution is -2.43. The van der Waals surface area contributed by atoms with Gasteiger partial charge in [-0.25, -0.2) is 14.2 Å². The number of benzene rings is 2. The quantitative estimate of drug-likeness (QED) is 0.763. The van der Waals surface area contributed by atoms with Crippen LogP contribution in [0.5, 0.6) is 11.5 Å². The number of hydrogen-bond donors (Lipinski definition) is 0. The number of methoxy groups -OCH3 is 2. The van der Waals surface area contributed by atoms with Gasteiger partial charge < -0.3 is 9.47 Å². The predicted molar refractivity (Wildman–Crippen MR) is 107 cm³/mol. The number of halogens is 2. The fraction of sp³-hybridized carbons (Fsp3) is 0.300. The second kappa shape index (κ2) is 8.06. The molecule has 1 aliphatic heterocycles. The van der Waals surface area contributed by atoms with Gasteiger partial charge in [0.2, 0.25) is 0 Å². The molecule has 0 N–H and O–H groups in total. The van der Waals surface area contributed by atoms with E-state index in [-0.39, 0.29) is 24.2 Å². The highest BCUT2D eigenvalue weighted by Gasteiger charge is 2.30. The molecule has 0 aromatic heterocycles. The van der Waals surface area contributed by atoms with Crippen LogP contribution in [0.25, 0.3) is 0 Å². The highest BCUT2D eigenvalue weighted by molar-refractivity contribution is 6.30. The molecule has 2 aromatic rings. The minimum absolute atomic E-state index is 0.274. The molecule has 0 fully saturated rings. The van der Waals surface area contributed by atoms with Gasteiger partial charge in [0.25, 0.3) is 0 Å². The lowest BCUT2D eigenvalue weighted by atomic mass is 9.99. The average Bonchev–Trinajstić information content (AvgIpc) is 2.86. The molecule has 8 heteroatoms. The van der Waals surface area contributed by atoms with Gasteiger partial charge in [0.1, 0.15) is 5.82 Å². The number of rotatable bonds is 3. The van der Waals surface area contributed by atoms with E-state index in [0.29, 0.717) is 27.6 Å². The minimum atomic E-state index is -0.425. The summed E-state index contributed by atoms with van der Waals surface area (Å²) in [5, 5.41) is 6.24. The van der Waals surface area contributed by atoms with Crippen LogP contribution >= 0.6 is 11.6 Å². The van der Waals surface area contributed by atoms with Crippen molar-refractivity contribution >= 4 is 29.5 Å². The van der Waals surface area contributed by atoms with Crippen LogP contribution in [0.3, 0.4) is 0 Å². The van der Waals surface area contributed by atoms with Crippen LogP contribution in [0.15, 0.2) is 35.4 Å². The van der Waals surface area contributed by atoms with Crippen LogP contribution in [-0.4, -0.2) is 44.6 Å². The zero-order valence-electron chi connectivity index (χ0n) is 16.1. The van der Waals surface area contributed by atoms with E-state index < -0.39 is 5.82 Å². The van der Waals surface area contributed by atoms with Crippen molar-refractivity contribution in [3.8, 4) is 11.5 Å². The number of carbonyl (C=O) groups is 1. The van der Waals surface area contributed by atoms with E-state index in [1.807, 2.05) is 6.92 Å². The third kappa shape index (κ3) is 3.62. The molecule has 1 heterocycles. The van der Waals surface area contributed by atoms with E-state index in [0.717, 1.165) is 0 Å². The van der Waals surface area contributed by atoms with Gasteiger partial charge in [-0.1, -0.05) is 11.6 Å². The molecule has 0 saturated heterocycles. The summed E-state index contributed by atoms with van der Waals surface area (Å²) in [5.74, 6) is 0.234. The number of anilines is 1. The molecule has 0 aliphatic carbocycles. The molecule has 148 valence electrons. The van der Waals surface area contributed by atoms with Crippen molar-refractivity contribution in [2.24, 2.45) is 5.10 Å². The van der Waals surface area contributed by atoms with Gasteiger partial charge in [-0.15, -0.1) is 0 Å². The first-order valence-electron chi connectivity index (χ1n) is 8.67. The van der Waals surface area contributed by atoms with Gasteiger partial charge >= 0.3 is 6.03 Å². The van der Waals surface area contributed by atoms with Crippen LogP contribution in [0, 0.1) is 5.82 Å². The number of ether oxygens (including phenoxy) is 2. The number of hydrazone groups is 1. The summed E-state index contributed by atoms with van der Waals surface area (Å²) in [6.45, 7) is 1.82. The van der Waals surface area contributed by atoms with E-state index in [4.69, 9.17) is 21.1 Å². The number of nitrogens with zero attached hydrogens (tertiary/aromatic N) is 3. The molecule has 28 heavy (non-hydrogen) atoms. The smallest absolute Gasteiger partial charge is 0.344 e. The molecule has 1 aliphatic rings. The summed E-state index contributed by atoms with van der Waals surface area (Å²) in [6.07, 6.45) is 1.72. The molecule has 0 saturated carbocycles. The Bertz CT molecular complexity index is 918. The van der Waals surface area contributed by atoms with Crippen LogP contribution in [0.4, 0.5) is 14.9 Å². The zero-order chi connectivity index (χ0) is 20.4. The normalized spacial score (nSPS) is 15.6. The molecular formula is C20H21ClFN3O3. The summed E-state index contributed by atoms with van der Waals surface area (Å²) >= 11 is 5.91. The third-order valence-electron chi connectivity index (χ3n) is 4.69. The van der Waals surface area contributed by atoms with Gasteiger partial charge in [0, 0.05) is 35.0 Å². The molecular weight excluding hydrogens is 385 g/mol. The van der Waals surface area contributed by atoms with Crippen molar-refractivity contribution in [2.45, 2.75) is 19.4 Å². The van der Waals surface area contributed by atoms with Crippen molar-refractivity contribution in [3.63, 3.8) is 0 Å². The zero-order valence-corrected chi connectivity index (χ0v) is 16.8. The molecule has 1 unspecified atom stereocenters. The lowest BCUT2D eigenvalue weighted by Gasteiger charge is -2.28. The standard InChI is InChI=1S/C20H21ClFN3O3/c1-12-9-15-16(19(28-4)18(27-3)10-17(15)22)11-23-25(12)20(26)24(2)14-7-5-13(21)6-8-14/h5-8,10-12H,9H2,1-4H3. The molecule has 6 nitrogen and oxygen atoms in total. The van der Waals surface area contributed by atoms with E-state index >= 15 is 0 Å². The second-order valence-corrected chi connectivity index (χ2v) is 6.88. The Labute approximate surface area is 168 Å². The maximum atomic E-state index is 14.7. The second-order valence-electron chi connectivity index (χ2n) is 6.45. The minimum Gasteiger partial charge on any atom is -0.493 e. The number of hydrogen-bond acceptors (Lipinski definition) is 4.